The molecule has 1 amide bonds. The van der Waals surface area contributed by atoms with Gasteiger partial charge in [-0.2, -0.15) is 0 Å². The maximum Gasteiger partial charge on any atom is 0.407 e. The minimum absolute atomic E-state index is 0.00277. The van der Waals surface area contributed by atoms with E-state index in [-0.39, 0.29) is 25.5 Å². The number of ether oxygens (including phenoxy) is 3. The van der Waals surface area contributed by atoms with E-state index in [2.05, 4.69) is 29.6 Å². The number of fused-ring (bicyclic) bond motifs is 3. The van der Waals surface area contributed by atoms with Crippen molar-refractivity contribution in [2.75, 3.05) is 20.8 Å². The summed E-state index contributed by atoms with van der Waals surface area (Å²) >= 11 is 0. The highest BCUT2D eigenvalue weighted by molar-refractivity contribution is 5.79. The van der Waals surface area contributed by atoms with E-state index in [0.717, 1.165) is 30.4 Å². The van der Waals surface area contributed by atoms with Crippen LogP contribution in [-0.2, 0) is 22.5 Å². The van der Waals surface area contributed by atoms with Gasteiger partial charge in [0.1, 0.15) is 18.1 Å². The Morgan fingerprint density at radius 2 is 1.46 bits per heavy atom. The molecule has 0 heterocycles. The Hall–Kier alpha value is -4.00. The molecule has 7 heteroatoms. The Kier molecular flexibility index (Phi) is 8.67. The van der Waals surface area contributed by atoms with Gasteiger partial charge in [0.2, 0.25) is 0 Å². The Bertz CT molecular complexity index is 1180. The number of aliphatic carboxylic acids is 1. The van der Waals surface area contributed by atoms with Crippen molar-refractivity contribution in [1.82, 2.24) is 5.32 Å². The van der Waals surface area contributed by atoms with Crippen molar-refractivity contribution in [2.24, 2.45) is 0 Å². The minimum Gasteiger partial charge on any atom is -0.496 e. The maximum absolute atomic E-state index is 12.7. The van der Waals surface area contributed by atoms with Gasteiger partial charge >= 0.3 is 12.1 Å². The first-order valence-electron chi connectivity index (χ1n) is 12.6. The Balaban J connectivity index is 1.36. The van der Waals surface area contributed by atoms with E-state index in [9.17, 15) is 9.59 Å². The molecule has 1 aliphatic rings. The number of carbonyl (C=O) groups excluding carboxylic acids is 1. The average Bonchev–Trinajstić information content (AvgIpc) is 3.23. The van der Waals surface area contributed by atoms with E-state index >= 15 is 0 Å². The predicted octanol–water partition coefficient (Wildman–Crippen LogP) is 5.93. The number of hydrogen-bond donors (Lipinski definition) is 2. The number of hydrogen-bond acceptors (Lipinski definition) is 5. The fourth-order valence-electron chi connectivity index (χ4n) is 4.95. The second-order valence-corrected chi connectivity index (χ2v) is 9.11. The Labute approximate surface area is 217 Å². The number of carboxylic acids is 1. The number of benzene rings is 3. The number of unbranched alkanes of at least 4 members (excludes halogenated alkanes) is 2. The molecule has 0 aromatic heterocycles. The third-order valence-electron chi connectivity index (χ3n) is 6.78. The zero-order valence-electron chi connectivity index (χ0n) is 21.3. The number of aryl methyl sites for hydroxylation is 1. The number of rotatable bonds is 12. The van der Waals surface area contributed by atoms with Crippen LogP contribution in [0.25, 0.3) is 11.1 Å². The van der Waals surface area contributed by atoms with Gasteiger partial charge in [-0.25, -0.2) is 4.79 Å². The lowest BCUT2D eigenvalue weighted by Crippen LogP contribution is -2.26. The summed E-state index contributed by atoms with van der Waals surface area (Å²) in [6.45, 7) is 0.441. The molecule has 37 heavy (non-hydrogen) atoms. The fourth-order valence-corrected chi connectivity index (χ4v) is 4.95. The molecular weight excluding hydrogens is 470 g/mol. The lowest BCUT2D eigenvalue weighted by atomic mass is 9.98. The lowest BCUT2D eigenvalue weighted by Gasteiger charge is -2.17. The molecular formula is C30H33NO6. The van der Waals surface area contributed by atoms with E-state index in [4.69, 9.17) is 19.3 Å². The monoisotopic (exact) mass is 503 g/mol. The van der Waals surface area contributed by atoms with Gasteiger partial charge in [-0.1, -0.05) is 55.0 Å². The third-order valence-corrected chi connectivity index (χ3v) is 6.78. The summed E-state index contributed by atoms with van der Waals surface area (Å²) in [7, 11) is 3.17. The topological polar surface area (TPSA) is 94.1 Å². The zero-order valence-corrected chi connectivity index (χ0v) is 21.3. The molecule has 0 fully saturated rings. The number of nitrogens with one attached hydrogen (secondary N) is 1. The summed E-state index contributed by atoms with van der Waals surface area (Å²) in [4.78, 5) is 23.3. The van der Waals surface area contributed by atoms with E-state index in [0.29, 0.717) is 17.9 Å². The van der Waals surface area contributed by atoms with Crippen molar-refractivity contribution < 1.29 is 28.9 Å². The Morgan fingerprint density at radius 3 is 2.03 bits per heavy atom. The molecule has 1 aliphatic carbocycles. The standard InChI is InChI=1S/C30H33NO6/c1-35-27-16-20(10-4-3-5-15-29(32)33)17-28(36-2)25(27)18-31-30(34)37-19-26-23-13-8-6-11-21(23)22-12-7-9-14-24(22)26/h6-9,11-14,16-17,26H,3-5,10,15,18-19H2,1-2H3,(H,31,34)(H,32,33). The van der Waals surface area contributed by atoms with Crippen LogP contribution in [0.4, 0.5) is 4.79 Å². The summed E-state index contributed by atoms with van der Waals surface area (Å²) in [6.07, 6.45) is 2.83. The first kappa shape index (κ1) is 26.1. The summed E-state index contributed by atoms with van der Waals surface area (Å²) in [5, 5.41) is 11.6. The maximum atomic E-state index is 12.7. The highest BCUT2D eigenvalue weighted by Crippen LogP contribution is 2.44. The molecule has 3 aromatic carbocycles. The molecule has 0 unspecified atom stereocenters. The van der Waals surface area contributed by atoms with Crippen molar-refractivity contribution in [3.8, 4) is 22.6 Å². The second kappa shape index (κ2) is 12.3. The van der Waals surface area contributed by atoms with Crippen molar-refractivity contribution in [3.05, 3.63) is 82.9 Å². The highest BCUT2D eigenvalue weighted by Gasteiger charge is 2.29. The van der Waals surface area contributed by atoms with E-state index in [1.807, 2.05) is 36.4 Å². The van der Waals surface area contributed by atoms with Crippen LogP contribution in [0.3, 0.4) is 0 Å². The molecule has 0 saturated carbocycles. The molecule has 0 saturated heterocycles. The van der Waals surface area contributed by atoms with Gasteiger partial charge in [0.05, 0.1) is 26.3 Å². The van der Waals surface area contributed by atoms with E-state index in [1.54, 1.807) is 14.2 Å². The molecule has 0 atom stereocenters. The van der Waals surface area contributed by atoms with E-state index < -0.39 is 12.1 Å². The van der Waals surface area contributed by atoms with Crippen LogP contribution in [0.1, 0.15) is 53.9 Å². The summed E-state index contributed by atoms with van der Waals surface area (Å²) in [6, 6.07) is 20.3. The van der Waals surface area contributed by atoms with Crippen molar-refractivity contribution in [3.63, 3.8) is 0 Å². The highest BCUT2D eigenvalue weighted by atomic mass is 16.5. The second-order valence-electron chi connectivity index (χ2n) is 9.11. The van der Waals surface area contributed by atoms with Crippen LogP contribution in [0, 0.1) is 0 Å². The van der Waals surface area contributed by atoms with Crippen molar-refractivity contribution >= 4 is 12.1 Å². The van der Waals surface area contributed by atoms with Crippen LogP contribution in [0.15, 0.2) is 60.7 Å². The molecule has 0 spiro atoms. The van der Waals surface area contributed by atoms with Gasteiger partial charge in [0.15, 0.2) is 0 Å². The predicted molar refractivity (Wildman–Crippen MR) is 141 cm³/mol. The number of carbonyl (C=O) groups is 2. The molecule has 194 valence electrons. The van der Waals surface area contributed by atoms with Gasteiger partial charge in [-0.3, -0.25) is 4.79 Å². The van der Waals surface area contributed by atoms with Gasteiger partial charge in [-0.15, -0.1) is 0 Å². The van der Waals surface area contributed by atoms with Gasteiger partial charge in [0, 0.05) is 12.3 Å². The molecule has 4 rings (SSSR count). The quantitative estimate of drug-likeness (QED) is 0.298. The van der Waals surface area contributed by atoms with Crippen LogP contribution in [0.2, 0.25) is 0 Å². The summed E-state index contributed by atoms with van der Waals surface area (Å²) in [5.74, 6) is 0.478. The summed E-state index contributed by atoms with van der Waals surface area (Å²) < 4.78 is 16.8. The number of carboxylic acid groups (broad SMARTS) is 1. The van der Waals surface area contributed by atoms with Gasteiger partial charge in [0.25, 0.3) is 0 Å². The first-order chi connectivity index (χ1) is 18.0. The molecule has 3 aromatic rings. The number of amides is 1. The molecule has 2 N–H and O–H groups in total. The molecule has 0 bridgehead atoms. The number of methoxy groups -OCH3 is 2. The SMILES string of the molecule is COc1cc(CCCCCC(=O)O)cc(OC)c1CNC(=O)OCC1c2ccccc2-c2ccccc21. The minimum atomic E-state index is -0.767. The van der Waals surface area contributed by atoms with E-state index in [1.165, 1.54) is 22.3 Å². The molecule has 0 radical (unpaired) electrons. The zero-order chi connectivity index (χ0) is 26.2. The average molecular weight is 504 g/mol. The lowest BCUT2D eigenvalue weighted by molar-refractivity contribution is -0.137. The normalized spacial score (nSPS) is 11.9. The van der Waals surface area contributed by atoms with Crippen LogP contribution >= 0.6 is 0 Å². The van der Waals surface area contributed by atoms with Gasteiger partial charge < -0.3 is 24.6 Å². The van der Waals surface area contributed by atoms with Crippen LogP contribution in [0.5, 0.6) is 11.5 Å². The van der Waals surface area contributed by atoms with Crippen LogP contribution in [-0.4, -0.2) is 38.0 Å². The smallest absolute Gasteiger partial charge is 0.407 e. The van der Waals surface area contributed by atoms with Crippen LogP contribution < -0.4 is 14.8 Å². The molecule has 0 aliphatic heterocycles. The number of alkyl carbamates (subject to hydrolysis) is 1. The first-order valence-corrected chi connectivity index (χ1v) is 12.6. The van der Waals surface area contributed by atoms with Gasteiger partial charge in [-0.05, 0) is 59.2 Å². The van der Waals surface area contributed by atoms with Crippen molar-refractivity contribution in [1.29, 1.82) is 0 Å². The third kappa shape index (κ3) is 6.23. The largest absolute Gasteiger partial charge is 0.496 e. The Morgan fingerprint density at radius 1 is 0.865 bits per heavy atom. The molecule has 7 nitrogen and oxygen atoms in total. The summed E-state index contributed by atoms with van der Waals surface area (Å²) in [5.41, 5.74) is 6.46. The fraction of sp³-hybridized carbons (Fsp3) is 0.333. The van der Waals surface area contributed by atoms with Crippen molar-refractivity contribution in [2.45, 2.75) is 44.6 Å².